The lowest BCUT2D eigenvalue weighted by atomic mass is 10.1. The van der Waals surface area contributed by atoms with Gasteiger partial charge in [0.05, 0.1) is 0 Å². The van der Waals surface area contributed by atoms with Gasteiger partial charge in [-0.3, -0.25) is 0 Å². The van der Waals surface area contributed by atoms with E-state index in [1.165, 1.54) is 12.1 Å². The van der Waals surface area contributed by atoms with Crippen LogP contribution in [0.1, 0.15) is 5.56 Å². The molecule has 2 rings (SSSR count). The zero-order chi connectivity index (χ0) is 10.1. The molecule has 0 unspecified atom stereocenters. The van der Waals surface area contributed by atoms with E-state index >= 15 is 0 Å². The van der Waals surface area contributed by atoms with Gasteiger partial charge in [-0.1, -0.05) is 0 Å². The van der Waals surface area contributed by atoms with Gasteiger partial charge < -0.3 is 4.42 Å². The molecule has 0 saturated carbocycles. The summed E-state index contributed by atoms with van der Waals surface area (Å²) >= 11 is 1.91. The van der Waals surface area contributed by atoms with Gasteiger partial charge in [0.1, 0.15) is 5.82 Å². The molecule has 0 N–H and O–H groups in total. The number of nitrogens with zero attached hydrogens (tertiary/aromatic N) is 2. The minimum Gasteiger partial charge on any atom is -0.412 e. The van der Waals surface area contributed by atoms with E-state index in [9.17, 15) is 4.39 Å². The minimum atomic E-state index is -0.298. The standard InChI is InChI=1S/C9H6FIN2O/c1-5-2-6(4-7(10)3-5)8-12-13-9(11)14-8/h2-4H,1H3. The molecule has 2 aromatic rings. The Morgan fingerprint density at radius 3 is 2.64 bits per heavy atom. The lowest BCUT2D eigenvalue weighted by molar-refractivity contribution is 0.536. The normalized spacial score (nSPS) is 10.5. The molecule has 0 aliphatic rings. The Morgan fingerprint density at radius 2 is 2.07 bits per heavy atom. The molecule has 3 nitrogen and oxygen atoms in total. The van der Waals surface area contributed by atoms with Crippen molar-refractivity contribution >= 4 is 22.6 Å². The van der Waals surface area contributed by atoms with Gasteiger partial charge in [-0.05, 0) is 30.7 Å². The third-order valence-electron chi connectivity index (χ3n) is 1.69. The van der Waals surface area contributed by atoms with E-state index in [0.717, 1.165) is 5.56 Å². The Labute approximate surface area is 93.5 Å². The number of aryl methyl sites for hydroxylation is 1. The second-order valence-corrected chi connectivity index (χ2v) is 3.80. The number of benzene rings is 1. The molecule has 0 bridgehead atoms. The molecule has 0 amide bonds. The van der Waals surface area contributed by atoms with Crippen molar-refractivity contribution < 1.29 is 8.81 Å². The first-order valence-electron chi connectivity index (χ1n) is 3.92. The highest BCUT2D eigenvalue weighted by Gasteiger charge is 2.07. The molecule has 0 fully saturated rings. The van der Waals surface area contributed by atoms with Gasteiger partial charge >= 0.3 is 0 Å². The fourth-order valence-electron chi connectivity index (χ4n) is 1.18. The third-order valence-corrected chi connectivity index (χ3v) is 2.13. The first-order chi connectivity index (χ1) is 6.65. The lowest BCUT2D eigenvalue weighted by Crippen LogP contribution is -1.83. The molecule has 5 heteroatoms. The maximum atomic E-state index is 13.0. The zero-order valence-electron chi connectivity index (χ0n) is 7.29. The molecule has 1 heterocycles. The van der Waals surface area contributed by atoms with Crippen molar-refractivity contribution in [3.8, 4) is 11.5 Å². The van der Waals surface area contributed by atoms with Crippen LogP contribution in [0.2, 0.25) is 0 Å². The molecule has 72 valence electrons. The third kappa shape index (κ3) is 1.92. The van der Waals surface area contributed by atoms with Crippen LogP contribution in [0.25, 0.3) is 11.5 Å². The highest BCUT2D eigenvalue weighted by molar-refractivity contribution is 14.1. The monoisotopic (exact) mass is 304 g/mol. The summed E-state index contributed by atoms with van der Waals surface area (Å²) in [4.78, 5) is 0. The van der Waals surface area contributed by atoms with Crippen LogP contribution < -0.4 is 0 Å². The van der Waals surface area contributed by atoms with E-state index in [1.54, 1.807) is 6.07 Å². The van der Waals surface area contributed by atoms with Gasteiger partial charge in [-0.15, -0.1) is 10.2 Å². The Hall–Kier alpha value is -0.980. The maximum absolute atomic E-state index is 13.0. The molecule has 0 atom stereocenters. The second-order valence-electron chi connectivity index (χ2n) is 2.88. The summed E-state index contributed by atoms with van der Waals surface area (Å²) in [6, 6.07) is 4.62. The predicted octanol–water partition coefficient (Wildman–Crippen LogP) is 2.79. The van der Waals surface area contributed by atoms with Crippen LogP contribution in [-0.2, 0) is 0 Å². The smallest absolute Gasteiger partial charge is 0.278 e. The summed E-state index contributed by atoms with van der Waals surface area (Å²) < 4.78 is 18.7. The maximum Gasteiger partial charge on any atom is 0.278 e. The molecule has 0 spiro atoms. The lowest BCUT2D eigenvalue weighted by Gasteiger charge is -1.97. The summed E-state index contributed by atoms with van der Waals surface area (Å²) in [6.45, 7) is 1.81. The van der Waals surface area contributed by atoms with Crippen molar-refractivity contribution in [2.75, 3.05) is 0 Å². The van der Waals surface area contributed by atoms with Crippen LogP contribution in [0.15, 0.2) is 22.6 Å². The molecule has 14 heavy (non-hydrogen) atoms. The Bertz CT molecular complexity index is 449. The van der Waals surface area contributed by atoms with Gasteiger partial charge in [0.15, 0.2) is 0 Å². The van der Waals surface area contributed by atoms with Crippen LogP contribution in [0, 0.1) is 16.6 Å². The zero-order valence-corrected chi connectivity index (χ0v) is 9.45. The fourth-order valence-corrected chi connectivity index (χ4v) is 1.50. The molecule has 1 aromatic carbocycles. The predicted molar refractivity (Wildman–Crippen MR) is 57.1 cm³/mol. The molecule has 0 radical (unpaired) electrons. The van der Waals surface area contributed by atoms with E-state index in [1.807, 2.05) is 29.5 Å². The quantitative estimate of drug-likeness (QED) is 0.761. The average Bonchev–Trinajstić information content (AvgIpc) is 2.50. The number of halogens is 2. The molecular weight excluding hydrogens is 298 g/mol. The molecule has 1 aromatic heterocycles. The van der Waals surface area contributed by atoms with Crippen molar-refractivity contribution in [1.29, 1.82) is 0 Å². The van der Waals surface area contributed by atoms with Gasteiger partial charge in [-0.25, -0.2) is 4.39 Å². The highest BCUT2D eigenvalue weighted by Crippen LogP contribution is 2.20. The van der Waals surface area contributed by atoms with Crippen molar-refractivity contribution in [3.05, 3.63) is 33.5 Å². The van der Waals surface area contributed by atoms with E-state index in [4.69, 9.17) is 4.42 Å². The Balaban J connectivity index is 2.51. The van der Waals surface area contributed by atoms with E-state index in [0.29, 0.717) is 15.4 Å². The first kappa shape index (κ1) is 9.57. The van der Waals surface area contributed by atoms with E-state index in [-0.39, 0.29) is 5.82 Å². The molecule has 0 aliphatic carbocycles. The second kappa shape index (κ2) is 3.64. The Kier molecular flexibility index (Phi) is 2.49. The number of hydrogen-bond donors (Lipinski definition) is 0. The summed E-state index contributed by atoms with van der Waals surface area (Å²) in [7, 11) is 0. The van der Waals surface area contributed by atoms with Crippen LogP contribution in [0.5, 0.6) is 0 Å². The SMILES string of the molecule is Cc1cc(F)cc(-c2nnc(I)o2)c1. The van der Waals surface area contributed by atoms with Crippen molar-refractivity contribution in [3.63, 3.8) is 0 Å². The van der Waals surface area contributed by atoms with Crippen LogP contribution in [-0.4, -0.2) is 10.2 Å². The fraction of sp³-hybridized carbons (Fsp3) is 0.111. The largest absolute Gasteiger partial charge is 0.412 e. The van der Waals surface area contributed by atoms with Gasteiger partial charge in [0.25, 0.3) is 3.90 Å². The summed E-state index contributed by atoms with van der Waals surface area (Å²) in [5, 5.41) is 7.48. The van der Waals surface area contributed by atoms with E-state index in [2.05, 4.69) is 10.2 Å². The minimum absolute atomic E-state index is 0.298. The topological polar surface area (TPSA) is 38.9 Å². The number of hydrogen-bond acceptors (Lipinski definition) is 3. The first-order valence-corrected chi connectivity index (χ1v) is 4.99. The highest BCUT2D eigenvalue weighted by atomic mass is 127. The molecule has 0 saturated heterocycles. The van der Waals surface area contributed by atoms with Crippen molar-refractivity contribution in [2.24, 2.45) is 0 Å². The van der Waals surface area contributed by atoms with Gasteiger partial charge in [0.2, 0.25) is 5.89 Å². The Morgan fingerprint density at radius 1 is 1.29 bits per heavy atom. The summed E-state index contributed by atoms with van der Waals surface area (Å²) in [5.74, 6) is 0.0465. The van der Waals surface area contributed by atoms with Crippen LogP contribution in [0.3, 0.4) is 0 Å². The van der Waals surface area contributed by atoms with Crippen LogP contribution >= 0.6 is 22.6 Å². The van der Waals surface area contributed by atoms with Gasteiger partial charge in [0, 0.05) is 28.2 Å². The summed E-state index contributed by atoms with van der Waals surface area (Å²) in [6.07, 6.45) is 0. The van der Waals surface area contributed by atoms with Crippen LogP contribution in [0.4, 0.5) is 4.39 Å². The van der Waals surface area contributed by atoms with E-state index < -0.39 is 0 Å². The average molecular weight is 304 g/mol. The number of aromatic nitrogens is 2. The molecule has 0 aliphatic heterocycles. The van der Waals surface area contributed by atoms with Crippen molar-refractivity contribution in [1.82, 2.24) is 10.2 Å². The number of rotatable bonds is 1. The van der Waals surface area contributed by atoms with Gasteiger partial charge in [-0.2, -0.15) is 0 Å². The van der Waals surface area contributed by atoms with Crippen molar-refractivity contribution in [2.45, 2.75) is 6.92 Å². The summed E-state index contributed by atoms with van der Waals surface area (Å²) in [5.41, 5.74) is 1.44. The molecular formula is C9H6FIN2O.